The van der Waals surface area contributed by atoms with Crippen molar-refractivity contribution in [3.8, 4) is 12.3 Å². The Morgan fingerprint density at radius 1 is 1.41 bits per heavy atom. The zero-order chi connectivity index (χ0) is 21.3. The lowest BCUT2D eigenvalue weighted by Crippen LogP contribution is -2.37. The van der Waals surface area contributed by atoms with Gasteiger partial charge in [-0.2, -0.15) is 4.98 Å². The van der Waals surface area contributed by atoms with E-state index in [0.29, 0.717) is 0 Å². The molecule has 1 aliphatic rings. The molecule has 0 saturated carbocycles. The summed E-state index contributed by atoms with van der Waals surface area (Å²) in [6, 6.07) is 0. The zero-order valence-electron chi connectivity index (χ0n) is 15.6. The summed E-state index contributed by atoms with van der Waals surface area (Å²) in [6.45, 7) is 1.70. The van der Waals surface area contributed by atoms with Gasteiger partial charge < -0.3 is 19.9 Å². The second-order valence-corrected chi connectivity index (χ2v) is 6.27. The minimum absolute atomic E-state index is 0.0280. The Balaban J connectivity index is 2.12. The fourth-order valence-electron chi connectivity index (χ4n) is 3.10. The molecule has 2 N–H and O–H groups in total. The van der Waals surface area contributed by atoms with Crippen molar-refractivity contribution in [2.75, 3.05) is 12.3 Å². The number of carbonyl (C=O) groups is 2. The van der Waals surface area contributed by atoms with Crippen LogP contribution in [-0.4, -0.2) is 56.0 Å². The number of imidazole rings is 1. The van der Waals surface area contributed by atoms with E-state index < -0.39 is 48.8 Å². The Labute approximate surface area is 163 Å². The largest absolute Gasteiger partial charge is 0.463 e. The molecule has 0 amide bonds. The lowest BCUT2D eigenvalue weighted by atomic mass is 10.1. The molecular weight excluding hydrogens is 389 g/mol. The molecule has 1 saturated heterocycles. The van der Waals surface area contributed by atoms with Crippen molar-refractivity contribution in [2.45, 2.75) is 45.0 Å². The number of rotatable bonds is 5. The normalized spacial score (nSPS) is 23.7. The van der Waals surface area contributed by atoms with E-state index in [0.717, 1.165) is 18.4 Å². The van der Waals surface area contributed by atoms with Crippen molar-refractivity contribution >= 4 is 29.1 Å². The highest BCUT2D eigenvalue weighted by molar-refractivity contribution is 5.72. The van der Waals surface area contributed by atoms with E-state index in [-0.39, 0.29) is 23.7 Å². The van der Waals surface area contributed by atoms with Crippen molar-refractivity contribution in [3.05, 3.63) is 16.7 Å². The number of carbonyl (C=O) groups excluding carboxylic acids is 2. The third-order valence-electron chi connectivity index (χ3n) is 4.25. The van der Waals surface area contributed by atoms with Gasteiger partial charge in [0.1, 0.15) is 18.2 Å². The third-order valence-corrected chi connectivity index (χ3v) is 4.25. The minimum Gasteiger partial charge on any atom is -0.463 e. The first-order valence-electron chi connectivity index (χ1n) is 8.51. The van der Waals surface area contributed by atoms with Gasteiger partial charge in [0.25, 0.3) is 0 Å². The van der Waals surface area contributed by atoms with Crippen LogP contribution in [0, 0.1) is 12.3 Å². The van der Waals surface area contributed by atoms with Crippen molar-refractivity contribution in [1.29, 1.82) is 0 Å². The first-order valence-corrected chi connectivity index (χ1v) is 8.51. The minimum atomic E-state index is -1.87. The van der Waals surface area contributed by atoms with E-state index in [1.54, 1.807) is 0 Å². The van der Waals surface area contributed by atoms with Crippen LogP contribution in [0.4, 0.5) is 10.3 Å². The number of hydrogen-bond acceptors (Lipinski definition) is 9. The molecule has 0 spiro atoms. The molecular formula is C17H18FN5O6. The van der Waals surface area contributed by atoms with E-state index in [1.165, 1.54) is 10.8 Å². The Morgan fingerprint density at radius 2 is 2.14 bits per heavy atom. The van der Waals surface area contributed by atoms with Crippen LogP contribution in [0.3, 0.4) is 0 Å². The van der Waals surface area contributed by atoms with Crippen LogP contribution in [0.25, 0.3) is 11.2 Å². The summed E-state index contributed by atoms with van der Waals surface area (Å²) in [4.78, 5) is 43.4. The summed E-state index contributed by atoms with van der Waals surface area (Å²) >= 11 is 0. The molecule has 2 aromatic rings. The van der Waals surface area contributed by atoms with Crippen LogP contribution in [0.2, 0.25) is 0 Å². The maximum atomic E-state index is 15.0. The molecule has 0 unspecified atom stereocenters. The van der Waals surface area contributed by atoms with Gasteiger partial charge in [-0.25, -0.2) is 18.7 Å². The Kier molecular flexibility index (Phi) is 5.51. The first-order chi connectivity index (χ1) is 13.7. The van der Waals surface area contributed by atoms with Gasteiger partial charge in [0.05, 0.1) is 12.7 Å². The van der Waals surface area contributed by atoms with Crippen LogP contribution in [0.1, 0.15) is 20.1 Å². The molecule has 1 aliphatic heterocycles. The van der Waals surface area contributed by atoms with Crippen molar-refractivity contribution in [2.24, 2.45) is 0 Å². The number of ether oxygens (including phenoxy) is 3. The van der Waals surface area contributed by atoms with Gasteiger partial charge in [-0.1, -0.05) is 5.92 Å². The molecule has 4 atom stereocenters. The number of esters is 2. The Hall–Kier alpha value is -3.46. The molecule has 12 heteroatoms. The molecule has 1 fully saturated rings. The van der Waals surface area contributed by atoms with Gasteiger partial charge in [0, 0.05) is 13.8 Å². The van der Waals surface area contributed by atoms with Crippen molar-refractivity contribution < 1.29 is 28.2 Å². The molecule has 0 bridgehead atoms. The number of alkyl halides is 1. The predicted molar refractivity (Wildman–Crippen MR) is 96.0 cm³/mol. The maximum absolute atomic E-state index is 15.0. The van der Waals surface area contributed by atoms with Gasteiger partial charge in [-0.3, -0.25) is 14.2 Å². The molecule has 154 valence electrons. The van der Waals surface area contributed by atoms with Gasteiger partial charge in [-0.05, 0) is 0 Å². The molecule has 0 aliphatic carbocycles. The first kappa shape index (κ1) is 20.3. The highest BCUT2D eigenvalue weighted by Gasteiger charge is 2.50. The molecule has 0 aromatic carbocycles. The molecule has 0 radical (unpaired) electrons. The van der Waals surface area contributed by atoms with E-state index >= 15 is 0 Å². The molecule has 3 rings (SSSR count). The number of hydrogen-bond donors (Lipinski definition) is 1. The quantitative estimate of drug-likeness (QED) is 0.515. The van der Waals surface area contributed by atoms with Crippen LogP contribution >= 0.6 is 0 Å². The summed E-state index contributed by atoms with van der Waals surface area (Å²) in [5, 5.41) is 0. The standard InChI is InChI=1S/C17H18FN5O6/c1-4-5-22-10-6-20-16(19)21-14(10)23(17(22)26)15-13(28-9(3)25)12(18)11(29-15)7-27-8(2)24/h1,6,11-13,15H,5,7H2,2-3H3,(H2,19,20,21)/t11-,12-,13-,15+/m1/s1. The number of halogens is 1. The average Bonchev–Trinajstić information content (AvgIpc) is 3.08. The average molecular weight is 407 g/mol. The van der Waals surface area contributed by atoms with Gasteiger partial charge in [0.15, 0.2) is 24.2 Å². The van der Waals surface area contributed by atoms with Gasteiger partial charge in [0.2, 0.25) is 5.95 Å². The summed E-state index contributed by atoms with van der Waals surface area (Å²) in [5.41, 5.74) is 5.22. The number of nitrogens with two attached hydrogens (primary N) is 1. The summed E-state index contributed by atoms with van der Waals surface area (Å²) in [6.07, 6.45) is 0.590. The molecule has 2 aromatic heterocycles. The van der Waals surface area contributed by atoms with Crippen molar-refractivity contribution in [1.82, 2.24) is 19.1 Å². The second kappa shape index (κ2) is 7.88. The lowest BCUT2D eigenvalue weighted by molar-refractivity contribution is -0.154. The Bertz CT molecular complexity index is 1060. The highest BCUT2D eigenvalue weighted by Crippen LogP contribution is 2.35. The zero-order valence-corrected chi connectivity index (χ0v) is 15.6. The van der Waals surface area contributed by atoms with Crippen LogP contribution in [0.5, 0.6) is 0 Å². The topological polar surface area (TPSA) is 141 Å². The number of fused-ring (bicyclic) bond motifs is 1. The summed E-state index contributed by atoms with van der Waals surface area (Å²) < 4.78 is 32.6. The van der Waals surface area contributed by atoms with E-state index in [4.69, 9.17) is 26.4 Å². The maximum Gasteiger partial charge on any atom is 0.333 e. The van der Waals surface area contributed by atoms with E-state index in [9.17, 15) is 18.8 Å². The van der Waals surface area contributed by atoms with Crippen LogP contribution in [0.15, 0.2) is 11.0 Å². The lowest BCUT2D eigenvalue weighted by Gasteiger charge is -2.19. The number of terminal acetylenes is 1. The number of nitrogens with zero attached hydrogens (tertiary/aromatic N) is 4. The summed E-state index contributed by atoms with van der Waals surface area (Å²) in [5.74, 6) is 0.769. The van der Waals surface area contributed by atoms with Crippen LogP contribution in [-0.2, 0) is 30.3 Å². The van der Waals surface area contributed by atoms with Gasteiger partial charge >= 0.3 is 17.6 Å². The fourth-order valence-corrected chi connectivity index (χ4v) is 3.10. The summed E-state index contributed by atoms with van der Waals surface area (Å²) in [7, 11) is 0. The molecule has 3 heterocycles. The van der Waals surface area contributed by atoms with Crippen LogP contribution < -0.4 is 11.4 Å². The predicted octanol–water partition coefficient (Wildman–Crippen LogP) is -0.461. The van der Waals surface area contributed by atoms with Crippen molar-refractivity contribution in [3.63, 3.8) is 0 Å². The number of anilines is 1. The monoisotopic (exact) mass is 407 g/mol. The molecule has 29 heavy (non-hydrogen) atoms. The van der Waals surface area contributed by atoms with Gasteiger partial charge in [-0.15, -0.1) is 6.42 Å². The van der Waals surface area contributed by atoms with E-state index in [1.807, 2.05) is 0 Å². The van der Waals surface area contributed by atoms with E-state index in [2.05, 4.69) is 15.9 Å². The fraction of sp³-hybridized carbons (Fsp3) is 0.471. The number of aromatic nitrogens is 4. The highest BCUT2D eigenvalue weighted by atomic mass is 19.1. The SMILES string of the molecule is C#CCn1c(=O)n([C@H]2O[C@H](COC(C)=O)[C@@H](F)[C@H]2OC(C)=O)c2nc(N)ncc21. The third kappa shape index (κ3) is 3.77. The number of nitrogen functional groups attached to an aromatic ring is 1. The Morgan fingerprint density at radius 3 is 2.76 bits per heavy atom. The second-order valence-electron chi connectivity index (χ2n) is 6.27. The smallest absolute Gasteiger partial charge is 0.333 e. The molecule has 11 nitrogen and oxygen atoms in total.